The van der Waals surface area contributed by atoms with E-state index in [-0.39, 0.29) is 0 Å². The van der Waals surface area contributed by atoms with Crippen LogP contribution in [0, 0.1) is 0 Å². The molecule has 0 bridgehead atoms. The van der Waals surface area contributed by atoms with Crippen LogP contribution < -0.4 is 10.5 Å². The first-order valence-corrected chi connectivity index (χ1v) is 5.80. The summed E-state index contributed by atoms with van der Waals surface area (Å²) in [5, 5.41) is 0. The predicted molar refractivity (Wildman–Crippen MR) is 68.0 cm³/mol. The van der Waals surface area contributed by atoms with Gasteiger partial charge < -0.3 is 15.5 Å². The number of nitrogens with two attached hydrogens (primary N) is 1. The average molecular weight is 231 g/mol. The van der Waals surface area contributed by atoms with E-state index in [4.69, 9.17) is 10.5 Å². The molecule has 0 unspecified atom stereocenters. The number of aromatic nitrogens is 2. The van der Waals surface area contributed by atoms with E-state index in [0.29, 0.717) is 13.2 Å². The molecular formula is C13H17N3O. The van der Waals surface area contributed by atoms with Gasteiger partial charge in [0, 0.05) is 23.9 Å². The summed E-state index contributed by atoms with van der Waals surface area (Å²) in [5.41, 5.74) is 7.59. The van der Waals surface area contributed by atoms with E-state index < -0.39 is 0 Å². The molecule has 0 saturated carbocycles. The number of hydrogen-bond donors (Lipinski definition) is 2. The first-order chi connectivity index (χ1) is 8.33. The molecule has 0 aliphatic rings. The molecule has 0 fully saturated rings. The Labute approximate surface area is 101 Å². The number of aromatic amines is 1. The quantitative estimate of drug-likeness (QED) is 0.827. The number of nitrogens with one attached hydrogen (secondary N) is 1. The fourth-order valence-electron chi connectivity index (χ4n) is 1.69. The summed E-state index contributed by atoms with van der Waals surface area (Å²) in [6, 6.07) is 7.89. The number of benzene rings is 1. The summed E-state index contributed by atoms with van der Waals surface area (Å²) >= 11 is 0. The van der Waals surface area contributed by atoms with Crippen molar-refractivity contribution in [1.82, 2.24) is 9.97 Å². The summed E-state index contributed by atoms with van der Waals surface area (Å²) in [6.45, 7) is 3.26. The first kappa shape index (κ1) is 11.7. The Hall–Kier alpha value is -1.81. The second kappa shape index (κ2) is 5.50. The van der Waals surface area contributed by atoms with Crippen LogP contribution in [0.25, 0.3) is 11.4 Å². The highest BCUT2D eigenvalue weighted by Crippen LogP contribution is 2.21. The summed E-state index contributed by atoms with van der Waals surface area (Å²) in [4.78, 5) is 7.59. The highest BCUT2D eigenvalue weighted by atomic mass is 16.5. The number of H-pyrrole nitrogens is 1. The number of hydrogen-bond acceptors (Lipinski definition) is 3. The molecule has 2 rings (SSSR count). The number of imidazole rings is 1. The van der Waals surface area contributed by atoms with Crippen molar-refractivity contribution in [1.29, 1.82) is 0 Å². The van der Waals surface area contributed by atoms with Gasteiger partial charge in [-0.3, -0.25) is 0 Å². The molecule has 0 aliphatic carbocycles. The number of ether oxygens (including phenoxy) is 1. The highest BCUT2D eigenvalue weighted by Gasteiger charge is 2.04. The van der Waals surface area contributed by atoms with Crippen LogP contribution in [0.2, 0.25) is 0 Å². The van der Waals surface area contributed by atoms with Crippen molar-refractivity contribution < 1.29 is 4.74 Å². The van der Waals surface area contributed by atoms with Crippen molar-refractivity contribution in [3.05, 3.63) is 36.2 Å². The molecule has 1 aromatic carbocycles. The Morgan fingerprint density at radius 3 is 3.06 bits per heavy atom. The van der Waals surface area contributed by atoms with Crippen LogP contribution in [0.1, 0.15) is 12.6 Å². The highest BCUT2D eigenvalue weighted by molar-refractivity contribution is 5.57. The van der Waals surface area contributed by atoms with Gasteiger partial charge in [-0.25, -0.2) is 4.98 Å². The van der Waals surface area contributed by atoms with Gasteiger partial charge in [-0.05, 0) is 25.6 Å². The lowest BCUT2D eigenvalue weighted by atomic mass is 10.2. The third-order valence-corrected chi connectivity index (χ3v) is 2.46. The van der Waals surface area contributed by atoms with Crippen LogP contribution in [0.4, 0.5) is 0 Å². The maximum Gasteiger partial charge on any atom is 0.137 e. The SMILES string of the molecule is CCOc1cccc(-c2ncc(CCN)[nH]2)c1. The van der Waals surface area contributed by atoms with Gasteiger partial charge in [-0.15, -0.1) is 0 Å². The third-order valence-electron chi connectivity index (χ3n) is 2.46. The molecule has 3 N–H and O–H groups in total. The van der Waals surface area contributed by atoms with Gasteiger partial charge in [0.15, 0.2) is 0 Å². The molecule has 0 radical (unpaired) electrons. The molecule has 0 spiro atoms. The Morgan fingerprint density at radius 1 is 1.41 bits per heavy atom. The first-order valence-electron chi connectivity index (χ1n) is 5.80. The molecule has 0 saturated heterocycles. The molecule has 0 amide bonds. The molecule has 2 aromatic rings. The summed E-state index contributed by atoms with van der Waals surface area (Å²) in [6.07, 6.45) is 2.65. The predicted octanol–water partition coefficient (Wildman–Crippen LogP) is 1.98. The number of nitrogens with zero attached hydrogens (tertiary/aromatic N) is 1. The van der Waals surface area contributed by atoms with E-state index in [9.17, 15) is 0 Å². The monoisotopic (exact) mass is 231 g/mol. The number of rotatable bonds is 5. The topological polar surface area (TPSA) is 63.9 Å². The van der Waals surface area contributed by atoms with Gasteiger partial charge in [-0.2, -0.15) is 0 Å². The molecule has 4 heteroatoms. The van der Waals surface area contributed by atoms with Crippen molar-refractivity contribution in [3.8, 4) is 17.1 Å². The van der Waals surface area contributed by atoms with Gasteiger partial charge in [0.05, 0.1) is 6.61 Å². The Morgan fingerprint density at radius 2 is 2.29 bits per heavy atom. The molecule has 90 valence electrons. The van der Waals surface area contributed by atoms with Crippen molar-refractivity contribution in [3.63, 3.8) is 0 Å². The van der Waals surface area contributed by atoms with Crippen LogP contribution in [0.5, 0.6) is 5.75 Å². The Balaban J connectivity index is 2.22. The van der Waals surface area contributed by atoms with Gasteiger partial charge in [0.25, 0.3) is 0 Å². The maximum atomic E-state index is 5.50. The van der Waals surface area contributed by atoms with E-state index in [2.05, 4.69) is 9.97 Å². The smallest absolute Gasteiger partial charge is 0.137 e. The fourth-order valence-corrected chi connectivity index (χ4v) is 1.69. The van der Waals surface area contributed by atoms with Gasteiger partial charge in [0.1, 0.15) is 11.6 Å². The molecule has 17 heavy (non-hydrogen) atoms. The van der Waals surface area contributed by atoms with E-state index in [1.54, 1.807) is 0 Å². The average Bonchev–Trinajstić information content (AvgIpc) is 2.79. The minimum absolute atomic E-state index is 0.626. The minimum atomic E-state index is 0.626. The van der Waals surface area contributed by atoms with Crippen LogP contribution in [-0.2, 0) is 6.42 Å². The lowest BCUT2D eigenvalue weighted by molar-refractivity contribution is 0.340. The minimum Gasteiger partial charge on any atom is -0.494 e. The van der Waals surface area contributed by atoms with Crippen LogP contribution in [0.15, 0.2) is 30.5 Å². The van der Waals surface area contributed by atoms with Gasteiger partial charge in [0.2, 0.25) is 0 Å². The van der Waals surface area contributed by atoms with E-state index in [0.717, 1.165) is 29.3 Å². The molecule has 0 atom stereocenters. The molecule has 1 heterocycles. The summed E-state index contributed by atoms with van der Waals surface area (Å²) < 4.78 is 5.46. The van der Waals surface area contributed by atoms with Gasteiger partial charge in [-0.1, -0.05) is 12.1 Å². The second-order valence-electron chi connectivity index (χ2n) is 3.76. The van der Waals surface area contributed by atoms with Crippen LogP contribution >= 0.6 is 0 Å². The lowest BCUT2D eigenvalue weighted by Crippen LogP contribution is -2.02. The zero-order valence-corrected chi connectivity index (χ0v) is 9.94. The normalized spacial score (nSPS) is 10.5. The van der Waals surface area contributed by atoms with E-state index in [1.807, 2.05) is 37.4 Å². The third kappa shape index (κ3) is 2.85. The fraction of sp³-hybridized carbons (Fsp3) is 0.308. The molecule has 1 aromatic heterocycles. The zero-order chi connectivity index (χ0) is 12.1. The van der Waals surface area contributed by atoms with E-state index in [1.165, 1.54) is 0 Å². The zero-order valence-electron chi connectivity index (χ0n) is 9.94. The summed E-state index contributed by atoms with van der Waals surface area (Å²) in [7, 11) is 0. The van der Waals surface area contributed by atoms with Crippen molar-refractivity contribution in [2.75, 3.05) is 13.2 Å². The van der Waals surface area contributed by atoms with E-state index >= 15 is 0 Å². The van der Waals surface area contributed by atoms with Crippen LogP contribution in [-0.4, -0.2) is 23.1 Å². The Bertz CT molecular complexity index is 479. The van der Waals surface area contributed by atoms with Crippen molar-refractivity contribution in [2.45, 2.75) is 13.3 Å². The van der Waals surface area contributed by atoms with Crippen molar-refractivity contribution >= 4 is 0 Å². The Kier molecular flexibility index (Phi) is 3.77. The van der Waals surface area contributed by atoms with Gasteiger partial charge >= 0.3 is 0 Å². The second-order valence-corrected chi connectivity index (χ2v) is 3.76. The maximum absolute atomic E-state index is 5.50. The van der Waals surface area contributed by atoms with Crippen molar-refractivity contribution in [2.24, 2.45) is 5.73 Å². The largest absolute Gasteiger partial charge is 0.494 e. The molecule has 0 aliphatic heterocycles. The molecular weight excluding hydrogens is 214 g/mol. The summed E-state index contributed by atoms with van der Waals surface area (Å²) in [5.74, 6) is 1.72. The lowest BCUT2D eigenvalue weighted by Gasteiger charge is -2.04. The molecule has 4 nitrogen and oxygen atoms in total. The standard InChI is InChI=1S/C13H17N3O/c1-2-17-12-5-3-4-10(8-12)13-15-9-11(16-13)6-7-14/h3-5,8-9H,2,6-7,14H2,1H3,(H,15,16). The van der Waals surface area contributed by atoms with Crippen LogP contribution in [0.3, 0.4) is 0 Å².